The highest BCUT2D eigenvalue weighted by Gasteiger charge is 2.64. The van der Waals surface area contributed by atoms with E-state index in [9.17, 15) is 15.0 Å². The first-order valence-electron chi connectivity index (χ1n) is 12.5. The molecule has 0 aliphatic heterocycles. The van der Waals surface area contributed by atoms with E-state index < -0.39 is 5.79 Å². The number of rotatable bonds is 1. The van der Waals surface area contributed by atoms with Gasteiger partial charge < -0.3 is 10.2 Å². The quantitative estimate of drug-likeness (QED) is 0.496. The molecule has 0 aromatic rings. The number of aliphatic hydroxyl groups is 2. The van der Waals surface area contributed by atoms with Crippen molar-refractivity contribution in [3.8, 4) is 0 Å². The van der Waals surface area contributed by atoms with Gasteiger partial charge in [-0.2, -0.15) is 0 Å². The Kier molecular flexibility index (Phi) is 7.38. The molecule has 0 aromatic heterocycles. The van der Waals surface area contributed by atoms with Crippen molar-refractivity contribution in [1.82, 2.24) is 0 Å². The van der Waals surface area contributed by atoms with Crippen LogP contribution >= 0.6 is 0 Å². The minimum Gasteiger partial charge on any atom is -0.366 e. The number of hydrogen-bond donors (Lipinski definition) is 2. The lowest BCUT2D eigenvalue weighted by Crippen LogP contribution is -2.58. The van der Waals surface area contributed by atoms with Crippen LogP contribution in [0.25, 0.3) is 0 Å². The molecule has 4 fully saturated rings. The molecule has 0 aromatic carbocycles. The van der Waals surface area contributed by atoms with Crippen LogP contribution in [0.4, 0.5) is 0 Å². The van der Waals surface area contributed by atoms with E-state index >= 15 is 0 Å². The van der Waals surface area contributed by atoms with Gasteiger partial charge in [0.2, 0.25) is 0 Å². The second-order valence-electron chi connectivity index (χ2n) is 10.9. The third-order valence-electron chi connectivity index (χ3n) is 9.83. The molecule has 4 saturated carbocycles. The van der Waals surface area contributed by atoms with Crippen molar-refractivity contribution in [2.45, 2.75) is 119 Å². The molecule has 0 bridgehead atoms. The molecule has 29 heavy (non-hydrogen) atoms. The Bertz CT molecular complexity index is 579. The summed E-state index contributed by atoms with van der Waals surface area (Å²) < 4.78 is 0. The average molecular weight is 409 g/mol. The molecule has 4 rings (SSSR count). The van der Waals surface area contributed by atoms with Gasteiger partial charge in [-0.15, -0.1) is 0 Å². The lowest BCUT2D eigenvalue weighted by molar-refractivity contribution is -0.225. The van der Waals surface area contributed by atoms with E-state index in [0.717, 1.165) is 38.5 Å². The fraction of sp³-hybridized carbons (Fsp3) is 0.962. The normalized spacial score (nSPS) is 46.2. The van der Waals surface area contributed by atoms with E-state index in [1.54, 1.807) is 6.92 Å². The third-order valence-corrected chi connectivity index (χ3v) is 9.83. The monoisotopic (exact) mass is 408 g/mol. The molecule has 0 amide bonds. The molecule has 3 heteroatoms. The highest BCUT2D eigenvalue weighted by molar-refractivity contribution is 5.80. The maximum absolute atomic E-state index is 12.2. The summed E-state index contributed by atoms with van der Waals surface area (Å²) >= 11 is 0. The standard InChI is InChI=1S/C22H36O3.2C2H6/c1-19-10-8-15-16-5-6-18(22(4,24)25)20(16,2)11-9-17(15)21(19,3)12-7-14(23)13-19;2*1-2/h15-18,24-25H,5-13H2,1-4H3;2*1-2H3/t15?,16?,17?,18?,19-,20-,21+;;/m0../s1. The van der Waals surface area contributed by atoms with Crippen LogP contribution in [0, 0.1) is 39.9 Å². The van der Waals surface area contributed by atoms with Gasteiger partial charge in [0.25, 0.3) is 0 Å². The number of hydrogen-bond acceptors (Lipinski definition) is 3. The summed E-state index contributed by atoms with van der Waals surface area (Å²) in [7, 11) is 0. The van der Waals surface area contributed by atoms with E-state index in [1.165, 1.54) is 19.3 Å². The fourth-order valence-electron chi connectivity index (χ4n) is 8.30. The van der Waals surface area contributed by atoms with E-state index in [2.05, 4.69) is 20.8 Å². The second kappa shape index (κ2) is 8.61. The van der Waals surface area contributed by atoms with Crippen molar-refractivity contribution >= 4 is 5.78 Å². The minimum absolute atomic E-state index is 0.0000000525. The molecule has 4 aliphatic rings. The Morgan fingerprint density at radius 1 is 0.862 bits per heavy atom. The van der Waals surface area contributed by atoms with Crippen LogP contribution in [0.15, 0.2) is 0 Å². The Labute approximate surface area is 180 Å². The Balaban J connectivity index is 0.000000707. The van der Waals surface area contributed by atoms with E-state index in [1.807, 2.05) is 27.7 Å². The zero-order valence-electron chi connectivity index (χ0n) is 20.5. The molecular weight excluding hydrogens is 360 g/mol. The largest absolute Gasteiger partial charge is 0.366 e. The molecule has 170 valence electrons. The summed E-state index contributed by atoms with van der Waals surface area (Å²) in [5, 5.41) is 20.7. The summed E-state index contributed by atoms with van der Waals surface area (Å²) in [5.74, 6) is 0.947. The first-order chi connectivity index (χ1) is 13.5. The van der Waals surface area contributed by atoms with Crippen molar-refractivity contribution in [2.75, 3.05) is 0 Å². The summed E-state index contributed by atoms with van der Waals surface area (Å²) in [6.45, 7) is 16.8. The summed E-state index contributed by atoms with van der Waals surface area (Å²) in [6.07, 6.45) is 9.41. The van der Waals surface area contributed by atoms with E-state index in [-0.39, 0.29) is 22.2 Å². The molecule has 3 nitrogen and oxygen atoms in total. The summed E-state index contributed by atoms with van der Waals surface area (Å²) in [5.41, 5.74) is 0.525. The molecule has 0 radical (unpaired) electrons. The maximum atomic E-state index is 12.2. The zero-order chi connectivity index (χ0) is 22.3. The first kappa shape index (κ1) is 24.9. The summed E-state index contributed by atoms with van der Waals surface area (Å²) in [6, 6.07) is 0. The Hall–Kier alpha value is -0.410. The van der Waals surface area contributed by atoms with Gasteiger partial charge in [0.15, 0.2) is 5.79 Å². The number of carbonyl (C=O) groups excluding carboxylic acids is 1. The molecular formula is C26H48O3. The highest BCUT2D eigenvalue weighted by atomic mass is 16.5. The van der Waals surface area contributed by atoms with Crippen molar-refractivity contribution in [1.29, 1.82) is 0 Å². The summed E-state index contributed by atoms with van der Waals surface area (Å²) in [4.78, 5) is 12.2. The lowest BCUT2D eigenvalue weighted by Gasteiger charge is -2.64. The number of Topliss-reactive ketones (excluding diaryl/α,β-unsaturated/α-hetero) is 1. The van der Waals surface area contributed by atoms with Crippen LogP contribution in [-0.4, -0.2) is 21.8 Å². The topological polar surface area (TPSA) is 57.5 Å². The van der Waals surface area contributed by atoms with Crippen LogP contribution in [0.1, 0.15) is 113 Å². The number of fused-ring (bicyclic) bond motifs is 5. The molecule has 4 unspecified atom stereocenters. The van der Waals surface area contributed by atoms with Crippen molar-refractivity contribution < 1.29 is 15.0 Å². The lowest BCUT2D eigenvalue weighted by atomic mass is 9.40. The van der Waals surface area contributed by atoms with Gasteiger partial charge in [-0.25, -0.2) is 0 Å². The van der Waals surface area contributed by atoms with E-state index in [0.29, 0.717) is 23.5 Å². The molecule has 0 spiro atoms. The predicted octanol–water partition coefficient (Wildman–Crippen LogP) is 6.36. The Morgan fingerprint density at radius 3 is 2.07 bits per heavy atom. The number of carbonyl (C=O) groups is 1. The SMILES string of the molecule is CC.CC.CC(O)(O)C1CCC2C3CC[C@@]4(C)CC(=O)CC[C@]4(C)C3CC[C@@]21C. The Morgan fingerprint density at radius 2 is 1.48 bits per heavy atom. The van der Waals surface area contributed by atoms with Crippen molar-refractivity contribution in [3.63, 3.8) is 0 Å². The minimum atomic E-state index is -1.55. The molecule has 7 atom stereocenters. The fourth-order valence-corrected chi connectivity index (χ4v) is 8.30. The van der Waals surface area contributed by atoms with Crippen LogP contribution in [0.2, 0.25) is 0 Å². The highest BCUT2D eigenvalue weighted by Crippen LogP contribution is 2.70. The van der Waals surface area contributed by atoms with Gasteiger partial charge in [0.1, 0.15) is 5.78 Å². The second-order valence-corrected chi connectivity index (χ2v) is 10.9. The van der Waals surface area contributed by atoms with Gasteiger partial charge in [0, 0.05) is 18.8 Å². The van der Waals surface area contributed by atoms with Crippen LogP contribution < -0.4 is 0 Å². The van der Waals surface area contributed by atoms with Crippen LogP contribution in [-0.2, 0) is 4.79 Å². The zero-order valence-corrected chi connectivity index (χ0v) is 20.5. The average Bonchev–Trinajstić information content (AvgIpc) is 3.04. The first-order valence-corrected chi connectivity index (χ1v) is 12.5. The van der Waals surface area contributed by atoms with Gasteiger partial charge >= 0.3 is 0 Å². The maximum Gasteiger partial charge on any atom is 0.163 e. The molecule has 2 N–H and O–H groups in total. The van der Waals surface area contributed by atoms with E-state index in [4.69, 9.17) is 0 Å². The van der Waals surface area contributed by atoms with Gasteiger partial charge in [0.05, 0.1) is 0 Å². The van der Waals surface area contributed by atoms with Gasteiger partial charge in [-0.05, 0) is 85.9 Å². The molecule has 0 heterocycles. The number of ketones is 1. The van der Waals surface area contributed by atoms with Gasteiger partial charge in [-0.1, -0.05) is 48.5 Å². The molecule has 0 saturated heterocycles. The smallest absolute Gasteiger partial charge is 0.163 e. The predicted molar refractivity (Wildman–Crippen MR) is 120 cm³/mol. The van der Waals surface area contributed by atoms with Crippen molar-refractivity contribution in [2.24, 2.45) is 39.9 Å². The van der Waals surface area contributed by atoms with Crippen molar-refractivity contribution in [3.05, 3.63) is 0 Å². The van der Waals surface area contributed by atoms with Gasteiger partial charge in [-0.3, -0.25) is 4.79 Å². The molecule has 4 aliphatic carbocycles. The van der Waals surface area contributed by atoms with Crippen LogP contribution in [0.3, 0.4) is 0 Å². The third kappa shape index (κ3) is 3.84. The van der Waals surface area contributed by atoms with Crippen LogP contribution in [0.5, 0.6) is 0 Å².